The predicted molar refractivity (Wildman–Crippen MR) is 72.7 cm³/mol. The van der Waals surface area contributed by atoms with E-state index in [1.807, 2.05) is 0 Å². The van der Waals surface area contributed by atoms with Gasteiger partial charge in [-0.05, 0) is 18.9 Å². The summed E-state index contributed by atoms with van der Waals surface area (Å²) in [5.74, 6) is 0.165. The Balaban J connectivity index is 2.18. The van der Waals surface area contributed by atoms with Crippen molar-refractivity contribution in [3.63, 3.8) is 0 Å². The molecule has 0 aliphatic heterocycles. The standard InChI is InChI=1S/C12H16ClF3N2O2S/c1-17(5-4-12(14,15)16)21(19,20)11-6-10(7-13)18(8-11)9-2-3-9/h6,8-9H,2-5,7H2,1H3. The average Bonchev–Trinajstić information content (AvgIpc) is 3.13. The molecular formula is C12H16ClF3N2O2S. The van der Waals surface area contributed by atoms with E-state index in [0.29, 0.717) is 5.69 Å². The summed E-state index contributed by atoms with van der Waals surface area (Å²) in [6, 6.07) is 1.69. The number of hydrogen-bond acceptors (Lipinski definition) is 2. The Bertz CT molecular complexity index is 609. The second-order valence-corrected chi connectivity index (χ2v) is 7.44. The molecule has 1 saturated carbocycles. The molecule has 9 heteroatoms. The summed E-state index contributed by atoms with van der Waals surface area (Å²) < 4.78 is 63.7. The Morgan fingerprint density at radius 3 is 2.52 bits per heavy atom. The van der Waals surface area contributed by atoms with Gasteiger partial charge < -0.3 is 4.57 Å². The Kier molecular flexibility index (Phi) is 4.60. The van der Waals surface area contributed by atoms with Crippen LogP contribution in [0.25, 0.3) is 0 Å². The maximum Gasteiger partial charge on any atom is 0.390 e. The van der Waals surface area contributed by atoms with Gasteiger partial charge in [0.05, 0.1) is 12.3 Å². The van der Waals surface area contributed by atoms with Gasteiger partial charge in [0, 0.05) is 31.5 Å². The van der Waals surface area contributed by atoms with E-state index < -0.39 is 29.2 Å². The second kappa shape index (κ2) is 5.81. The van der Waals surface area contributed by atoms with E-state index >= 15 is 0 Å². The molecule has 0 radical (unpaired) electrons. The SMILES string of the molecule is CN(CCC(F)(F)F)S(=O)(=O)c1cc(CCl)n(C2CC2)c1. The van der Waals surface area contributed by atoms with E-state index in [1.165, 1.54) is 12.3 Å². The van der Waals surface area contributed by atoms with Crippen LogP contribution in [-0.4, -0.2) is 37.1 Å². The molecule has 0 N–H and O–H groups in total. The van der Waals surface area contributed by atoms with Crippen LogP contribution in [0.1, 0.15) is 31.0 Å². The van der Waals surface area contributed by atoms with Gasteiger partial charge in [0.1, 0.15) is 4.90 Å². The van der Waals surface area contributed by atoms with Gasteiger partial charge in [0.2, 0.25) is 10.0 Å². The second-order valence-electron chi connectivity index (χ2n) is 5.13. The minimum absolute atomic E-state index is 0.00488. The van der Waals surface area contributed by atoms with Crippen molar-refractivity contribution >= 4 is 21.6 Å². The number of sulfonamides is 1. The van der Waals surface area contributed by atoms with Gasteiger partial charge in [-0.25, -0.2) is 12.7 Å². The van der Waals surface area contributed by atoms with Gasteiger partial charge in [-0.15, -0.1) is 11.6 Å². The van der Waals surface area contributed by atoms with E-state index in [2.05, 4.69) is 0 Å². The van der Waals surface area contributed by atoms with E-state index in [1.54, 1.807) is 4.57 Å². The van der Waals surface area contributed by atoms with Crippen LogP contribution in [-0.2, 0) is 15.9 Å². The minimum Gasteiger partial charge on any atom is -0.346 e. The Hall–Kier alpha value is -0.730. The predicted octanol–water partition coefficient (Wildman–Crippen LogP) is 3.13. The molecule has 21 heavy (non-hydrogen) atoms. The highest BCUT2D eigenvalue weighted by molar-refractivity contribution is 7.89. The number of nitrogens with zero attached hydrogens (tertiary/aromatic N) is 2. The number of alkyl halides is 4. The first kappa shape index (κ1) is 16.6. The molecule has 1 fully saturated rings. The zero-order valence-electron chi connectivity index (χ0n) is 11.4. The van der Waals surface area contributed by atoms with Crippen molar-refractivity contribution in [1.82, 2.24) is 8.87 Å². The Labute approximate surface area is 126 Å². The summed E-state index contributed by atoms with van der Waals surface area (Å²) in [7, 11) is -2.78. The molecule has 0 unspecified atom stereocenters. The molecule has 1 aromatic heterocycles. The van der Waals surface area contributed by atoms with Gasteiger partial charge in [-0.1, -0.05) is 0 Å². The Morgan fingerprint density at radius 1 is 1.43 bits per heavy atom. The molecule has 1 aromatic rings. The minimum atomic E-state index is -4.38. The molecule has 0 bridgehead atoms. The summed E-state index contributed by atoms with van der Waals surface area (Å²) in [4.78, 5) is -0.00488. The fraction of sp³-hybridized carbons (Fsp3) is 0.667. The molecule has 0 amide bonds. The van der Waals surface area contributed by atoms with Crippen molar-refractivity contribution in [2.75, 3.05) is 13.6 Å². The van der Waals surface area contributed by atoms with Crippen LogP contribution in [0.2, 0.25) is 0 Å². The highest BCUT2D eigenvalue weighted by Crippen LogP contribution is 2.38. The first-order valence-corrected chi connectivity index (χ1v) is 8.42. The summed E-state index contributed by atoms with van der Waals surface area (Å²) in [5, 5.41) is 0. The number of aromatic nitrogens is 1. The lowest BCUT2D eigenvalue weighted by Gasteiger charge is -2.17. The molecular weight excluding hydrogens is 329 g/mol. The van der Waals surface area contributed by atoms with Gasteiger partial charge in [-0.3, -0.25) is 0 Å². The topological polar surface area (TPSA) is 42.3 Å². The van der Waals surface area contributed by atoms with Gasteiger partial charge >= 0.3 is 6.18 Å². The van der Waals surface area contributed by atoms with Crippen LogP contribution >= 0.6 is 11.6 Å². The number of rotatable bonds is 6. The van der Waals surface area contributed by atoms with E-state index in [9.17, 15) is 21.6 Å². The van der Waals surface area contributed by atoms with Gasteiger partial charge in [0.15, 0.2) is 0 Å². The molecule has 0 aromatic carbocycles. The smallest absolute Gasteiger partial charge is 0.346 e. The van der Waals surface area contributed by atoms with Crippen LogP contribution < -0.4 is 0 Å². The van der Waals surface area contributed by atoms with Gasteiger partial charge in [-0.2, -0.15) is 13.2 Å². The molecule has 120 valence electrons. The van der Waals surface area contributed by atoms with Crippen molar-refractivity contribution in [1.29, 1.82) is 0 Å². The highest BCUT2D eigenvalue weighted by atomic mass is 35.5. The Morgan fingerprint density at radius 2 is 2.05 bits per heavy atom. The van der Waals surface area contributed by atoms with Crippen LogP contribution in [0.3, 0.4) is 0 Å². The third-order valence-corrected chi connectivity index (χ3v) is 5.50. The molecule has 4 nitrogen and oxygen atoms in total. The molecule has 1 aliphatic rings. The van der Waals surface area contributed by atoms with Crippen molar-refractivity contribution in [2.45, 2.75) is 42.3 Å². The summed E-state index contributed by atoms with van der Waals surface area (Å²) in [6.07, 6.45) is -2.17. The van der Waals surface area contributed by atoms with Crippen LogP contribution in [0.4, 0.5) is 13.2 Å². The first-order chi connectivity index (χ1) is 9.65. The molecule has 0 spiro atoms. The zero-order valence-corrected chi connectivity index (χ0v) is 13.0. The summed E-state index contributed by atoms with van der Waals surface area (Å²) in [6.45, 7) is -0.601. The fourth-order valence-corrected chi connectivity index (χ4v) is 3.46. The van der Waals surface area contributed by atoms with Crippen molar-refractivity contribution in [2.24, 2.45) is 0 Å². The maximum atomic E-state index is 12.3. The summed E-state index contributed by atoms with van der Waals surface area (Å²) >= 11 is 5.79. The van der Waals surface area contributed by atoms with Crippen LogP contribution in [0.15, 0.2) is 17.2 Å². The lowest BCUT2D eigenvalue weighted by Crippen LogP contribution is -2.30. The molecule has 1 heterocycles. The lowest BCUT2D eigenvalue weighted by atomic mass is 10.4. The van der Waals surface area contributed by atoms with E-state index in [0.717, 1.165) is 24.2 Å². The van der Waals surface area contributed by atoms with E-state index in [-0.39, 0.29) is 16.8 Å². The average molecular weight is 345 g/mol. The quantitative estimate of drug-likeness (QED) is 0.744. The first-order valence-electron chi connectivity index (χ1n) is 6.45. The molecule has 1 aliphatic carbocycles. The monoisotopic (exact) mass is 344 g/mol. The molecule has 0 saturated heterocycles. The van der Waals surface area contributed by atoms with Crippen LogP contribution in [0.5, 0.6) is 0 Å². The summed E-state index contributed by atoms with van der Waals surface area (Å²) in [5.41, 5.74) is 0.668. The zero-order chi connectivity index (χ0) is 15.8. The fourth-order valence-electron chi connectivity index (χ4n) is 2.02. The molecule has 0 atom stereocenters. The van der Waals surface area contributed by atoms with E-state index in [4.69, 9.17) is 11.6 Å². The van der Waals surface area contributed by atoms with Crippen molar-refractivity contribution < 1.29 is 21.6 Å². The largest absolute Gasteiger partial charge is 0.390 e. The number of halogens is 4. The van der Waals surface area contributed by atoms with Crippen LogP contribution in [0, 0.1) is 0 Å². The van der Waals surface area contributed by atoms with Gasteiger partial charge in [0.25, 0.3) is 0 Å². The normalized spacial score (nSPS) is 16.7. The number of hydrogen-bond donors (Lipinski definition) is 0. The third kappa shape index (κ3) is 3.92. The maximum absolute atomic E-state index is 12.3. The molecule has 2 rings (SSSR count). The third-order valence-electron chi connectivity index (χ3n) is 3.40. The van der Waals surface area contributed by atoms with Crippen molar-refractivity contribution in [3.05, 3.63) is 18.0 Å². The highest BCUT2D eigenvalue weighted by Gasteiger charge is 2.32. The van der Waals surface area contributed by atoms with Crippen molar-refractivity contribution in [3.8, 4) is 0 Å². The lowest BCUT2D eigenvalue weighted by molar-refractivity contribution is -0.135.